The van der Waals surface area contributed by atoms with Gasteiger partial charge in [-0.1, -0.05) is 23.7 Å². The van der Waals surface area contributed by atoms with E-state index in [1.807, 2.05) is 26.8 Å². The summed E-state index contributed by atoms with van der Waals surface area (Å²) in [5.74, 6) is -2.18. The summed E-state index contributed by atoms with van der Waals surface area (Å²) in [6.07, 6.45) is 0. The number of halogens is 1. The number of rotatable bonds is 4. The summed E-state index contributed by atoms with van der Waals surface area (Å²) in [7, 11) is 0. The lowest BCUT2D eigenvalue weighted by Gasteiger charge is -2.10. The van der Waals surface area contributed by atoms with Crippen LogP contribution in [0, 0.1) is 20.8 Å². The molecule has 0 aliphatic rings. The highest BCUT2D eigenvalue weighted by molar-refractivity contribution is 6.40. The van der Waals surface area contributed by atoms with Crippen molar-refractivity contribution in [3.05, 3.63) is 58.1 Å². The van der Waals surface area contributed by atoms with E-state index >= 15 is 0 Å². The molecule has 0 heterocycles. The number of anilines is 2. The first kappa shape index (κ1) is 19.5. The summed E-state index contributed by atoms with van der Waals surface area (Å²) in [4.78, 5) is 35.7. The molecule has 2 aromatic carbocycles. The zero-order chi connectivity index (χ0) is 19.3. The van der Waals surface area contributed by atoms with Crippen LogP contribution < -0.4 is 16.0 Å². The number of nitrogens with one attached hydrogen (secondary N) is 3. The highest BCUT2D eigenvalue weighted by Gasteiger charge is 2.15. The standard InChI is InChI=1S/C19H20ClN3O3/c1-11-5-7-15(8-13(11)3)22-19(26)18(25)21-10-17(24)23-16-9-14(20)6-4-12(16)2/h4-9H,10H2,1-3H3,(H,21,25)(H,22,26)(H,23,24). The fourth-order valence-electron chi connectivity index (χ4n) is 2.17. The first-order valence-corrected chi connectivity index (χ1v) is 8.36. The predicted octanol–water partition coefficient (Wildman–Crippen LogP) is 2.96. The Morgan fingerprint density at radius 3 is 2.23 bits per heavy atom. The maximum Gasteiger partial charge on any atom is 0.313 e. The van der Waals surface area contributed by atoms with E-state index in [2.05, 4.69) is 16.0 Å². The SMILES string of the molecule is Cc1ccc(NC(=O)C(=O)NCC(=O)Nc2cc(Cl)ccc2C)cc1C. The van der Waals surface area contributed by atoms with E-state index in [4.69, 9.17) is 11.6 Å². The van der Waals surface area contributed by atoms with Crippen LogP contribution in [-0.2, 0) is 14.4 Å². The molecule has 7 heteroatoms. The molecule has 2 aromatic rings. The molecule has 0 radical (unpaired) electrons. The van der Waals surface area contributed by atoms with Crippen molar-refractivity contribution in [3.8, 4) is 0 Å². The van der Waals surface area contributed by atoms with Gasteiger partial charge in [0.15, 0.2) is 0 Å². The van der Waals surface area contributed by atoms with Gasteiger partial charge in [-0.2, -0.15) is 0 Å². The first-order valence-electron chi connectivity index (χ1n) is 7.98. The lowest BCUT2D eigenvalue weighted by molar-refractivity contribution is -0.136. The van der Waals surface area contributed by atoms with Crippen molar-refractivity contribution in [2.75, 3.05) is 17.2 Å². The van der Waals surface area contributed by atoms with Crippen LogP contribution in [-0.4, -0.2) is 24.3 Å². The van der Waals surface area contributed by atoms with E-state index in [1.165, 1.54) is 0 Å². The molecule has 0 saturated heterocycles. The van der Waals surface area contributed by atoms with Crippen molar-refractivity contribution < 1.29 is 14.4 Å². The van der Waals surface area contributed by atoms with Crippen LogP contribution in [0.4, 0.5) is 11.4 Å². The van der Waals surface area contributed by atoms with Crippen molar-refractivity contribution in [1.29, 1.82) is 0 Å². The summed E-state index contributed by atoms with van der Waals surface area (Å²) in [6, 6.07) is 10.4. The van der Waals surface area contributed by atoms with E-state index in [1.54, 1.807) is 30.3 Å². The van der Waals surface area contributed by atoms with Crippen LogP contribution in [0.25, 0.3) is 0 Å². The quantitative estimate of drug-likeness (QED) is 0.720. The van der Waals surface area contributed by atoms with Crippen LogP contribution in [0.1, 0.15) is 16.7 Å². The van der Waals surface area contributed by atoms with Crippen LogP contribution in [0.15, 0.2) is 36.4 Å². The molecule has 0 aromatic heterocycles. The Balaban J connectivity index is 1.86. The van der Waals surface area contributed by atoms with Crippen molar-refractivity contribution in [2.45, 2.75) is 20.8 Å². The lowest BCUT2D eigenvalue weighted by Crippen LogP contribution is -2.39. The second-order valence-electron chi connectivity index (χ2n) is 5.94. The molecule has 0 fully saturated rings. The maximum atomic E-state index is 11.9. The molecule has 0 aliphatic carbocycles. The third-order valence-corrected chi connectivity index (χ3v) is 4.09. The molecular weight excluding hydrogens is 354 g/mol. The molecule has 0 aliphatic heterocycles. The van der Waals surface area contributed by atoms with E-state index in [0.29, 0.717) is 16.4 Å². The number of hydrogen-bond acceptors (Lipinski definition) is 3. The summed E-state index contributed by atoms with van der Waals surface area (Å²) in [6.45, 7) is 5.35. The number of hydrogen-bond donors (Lipinski definition) is 3. The molecule has 2 rings (SSSR count). The highest BCUT2D eigenvalue weighted by Crippen LogP contribution is 2.19. The molecule has 0 unspecified atom stereocenters. The van der Waals surface area contributed by atoms with E-state index in [9.17, 15) is 14.4 Å². The summed E-state index contributed by atoms with van der Waals surface area (Å²) in [5.41, 5.74) is 3.99. The van der Waals surface area contributed by atoms with Crippen LogP contribution in [0.5, 0.6) is 0 Å². The van der Waals surface area contributed by atoms with E-state index < -0.39 is 17.7 Å². The summed E-state index contributed by atoms with van der Waals surface area (Å²) in [5, 5.41) is 7.91. The highest BCUT2D eigenvalue weighted by atomic mass is 35.5. The summed E-state index contributed by atoms with van der Waals surface area (Å²) < 4.78 is 0. The second-order valence-corrected chi connectivity index (χ2v) is 6.38. The molecule has 26 heavy (non-hydrogen) atoms. The van der Waals surface area contributed by atoms with Crippen molar-refractivity contribution in [1.82, 2.24) is 5.32 Å². The Morgan fingerprint density at radius 1 is 0.846 bits per heavy atom. The van der Waals surface area contributed by atoms with Crippen LogP contribution in [0.3, 0.4) is 0 Å². The molecule has 0 atom stereocenters. The molecule has 3 amide bonds. The number of amides is 3. The normalized spacial score (nSPS) is 10.2. The smallest absolute Gasteiger partial charge is 0.313 e. The van der Waals surface area contributed by atoms with Crippen LogP contribution >= 0.6 is 11.6 Å². The molecule has 0 spiro atoms. The van der Waals surface area contributed by atoms with Crippen molar-refractivity contribution in [3.63, 3.8) is 0 Å². The van der Waals surface area contributed by atoms with Gasteiger partial charge in [-0.15, -0.1) is 0 Å². The minimum atomic E-state index is -0.888. The molecule has 136 valence electrons. The zero-order valence-corrected chi connectivity index (χ0v) is 15.5. The Morgan fingerprint density at radius 2 is 1.54 bits per heavy atom. The fraction of sp³-hybridized carbons (Fsp3) is 0.211. The maximum absolute atomic E-state index is 11.9. The first-order chi connectivity index (χ1) is 12.3. The van der Waals surface area contributed by atoms with Gasteiger partial charge in [-0.05, 0) is 61.7 Å². The average molecular weight is 374 g/mol. The Hall–Kier alpha value is -2.86. The third kappa shape index (κ3) is 5.32. The van der Waals surface area contributed by atoms with Gasteiger partial charge in [-0.25, -0.2) is 0 Å². The zero-order valence-electron chi connectivity index (χ0n) is 14.8. The molecule has 0 saturated carbocycles. The Labute approximate surface area is 156 Å². The van der Waals surface area contributed by atoms with Crippen LogP contribution in [0.2, 0.25) is 5.02 Å². The Kier molecular flexibility index (Phi) is 6.36. The van der Waals surface area contributed by atoms with Gasteiger partial charge in [0, 0.05) is 16.4 Å². The Bertz CT molecular complexity index is 865. The average Bonchev–Trinajstić information content (AvgIpc) is 2.59. The molecule has 0 bridgehead atoms. The topological polar surface area (TPSA) is 87.3 Å². The summed E-state index contributed by atoms with van der Waals surface area (Å²) >= 11 is 5.89. The fourth-order valence-corrected chi connectivity index (χ4v) is 2.34. The monoisotopic (exact) mass is 373 g/mol. The van der Waals surface area contributed by atoms with Gasteiger partial charge in [0.25, 0.3) is 0 Å². The molecule has 3 N–H and O–H groups in total. The van der Waals surface area contributed by atoms with Gasteiger partial charge >= 0.3 is 11.8 Å². The van der Waals surface area contributed by atoms with Gasteiger partial charge < -0.3 is 16.0 Å². The van der Waals surface area contributed by atoms with Gasteiger partial charge in [0.05, 0.1) is 6.54 Å². The minimum Gasteiger partial charge on any atom is -0.339 e. The van der Waals surface area contributed by atoms with Gasteiger partial charge in [-0.3, -0.25) is 14.4 Å². The predicted molar refractivity (Wildman–Crippen MR) is 102 cm³/mol. The number of carbonyl (C=O) groups is 3. The molecular formula is C19H20ClN3O3. The molecule has 6 nitrogen and oxygen atoms in total. The number of benzene rings is 2. The largest absolute Gasteiger partial charge is 0.339 e. The van der Waals surface area contributed by atoms with Gasteiger partial charge in [0.1, 0.15) is 0 Å². The number of aryl methyl sites for hydroxylation is 3. The number of carbonyl (C=O) groups excluding carboxylic acids is 3. The van der Waals surface area contributed by atoms with Crippen molar-refractivity contribution >= 4 is 40.7 Å². The third-order valence-electron chi connectivity index (χ3n) is 3.85. The van der Waals surface area contributed by atoms with Crippen molar-refractivity contribution in [2.24, 2.45) is 0 Å². The van der Waals surface area contributed by atoms with E-state index in [-0.39, 0.29) is 6.54 Å². The lowest BCUT2D eigenvalue weighted by atomic mass is 10.1. The second kappa shape index (κ2) is 8.49. The minimum absolute atomic E-state index is 0.328. The van der Waals surface area contributed by atoms with Gasteiger partial charge in [0.2, 0.25) is 5.91 Å². The van der Waals surface area contributed by atoms with E-state index in [0.717, 1.165) is 16.7 Å².